The average Bonchev–Trinajstić information content (AvgIpc) is 2.50. The molecule has 1 aromatic rings. The number of aryl methyl sites for hydroxylation is 2. The molecular weight excluding hydrogens is 345 g/mol. The highest BCUT2D eigenvalue weighted by molar-refractivity contribution is 5.79. The van der Waals surface area contributed by atoms with Crippen molar-refractivity contribution in [1.29, 1.82) is 0 Å². The summed E-state index contributed by atoms with van der Waals surface area (Å²) in [6.45, 7) is 6.61. The van der Waals surface area contributed by atoms with Gasteiger partial charge in [-0.05, 0) is 55.5 Å². The first-order valence-electron chi connectivity index (χ1n) is 8.93. The molecule has 0 aromatic heterocycles. The molecule has 1 aliphatic rings. The normalized spacial score (nSPS) is 15.6. The minimum Gasteiger partial charge on any atom is -0.494 e. The van der Waals surface area contributed by atoms with Gasteiger partial charge in [-0.1, -0.05) is 0 Å². The summed E-state index contributed by atoms with van der Waals surface area (Å²) in [4.78, 5) is 13.8. The second-order valence-electron chi connectivity index (χ2n) is 6.96. The van der Waals surface area contributed by atoms with Gasteiger partial charge in [-0.3, -0.25) is 9.69 Å². The van der Waals surface area contributed by atoms with Gasteiger partial charge in [0, 0.05) is 33.1 Å². The van der Waals surface area contributed by atoms with Gasteiger partial charge in [0.25, 0.3) is 0 Å². The first-order chi connectivity index (χ1) is 12.2. The molecule has 1 N–H and O–H groups in total. The zero-order valence-corrected chi connectivity index (χ0v) is 15.6. The molecule has 26 heavy (non-hydrogen) atoms. The number of alkyl halides is 3. The third-order valence-electron chi connectivity index (χ3n) is 4.75. The van der Waals surface area contributed by atoms with E-state index in [1.165, 1.54) is 5.56 Å². The Balaban J connectivity index is 1.81. The van der Waals surface area contributed by atoms with E-state index >= 15 is 0 Å². The van der Waals surface area contributed by atoms with Crippen LogP contribution in [0.5, 0.6) is 5.75 Å². The fraction of sp³-hybridized carbons (Fsp3) is 0.632. The Bertz CT molecular complexity index is 603. The van der Waals surface area contributed by atoms with Crippen LogP contribution in [0.1, 0.15) is 36.0 Å². The summed E-state index contributed by atoms with van der Waals surface area (Å²) < 4.78 is 42.0. The lowest BCUT2D eigenvalue weighted by molar-refractivity contribution is -0.135. The van der Waals surface area contributed by atoms with E-state index in [1.54, 1.807) is 7.05 Å². The Labute approximate surface area is 152 Å². The number of benzene rings is 1. The van der Waals surface area contributed by atoms with Gasteiger partial charge in [0.05, 0.1) is 12.5 Å². The number of carbonyl (C=O) groups is 1. The van der Waals surface area contributed by atoms with Gasteiger partial charge >= 0.3 is 6.18 Å². The zero-order chi connectivity index (χ0) is 19.3. The van der Waals surface area contributed by atoms with Crippen molar-refractivity contribution in [1.82, 2.24) is 10.2 Å². The predicted octanol–water partition coefficient (Wildman–Crippen LogP) is 3.59. The van der Waals surface area contributed by atoms with Crippen LogP contribution < -0.4 is 10.1 Å². The molecule has 1 fully saturated rings. The van der Waals surface area contributed by atoms with Crippen LogP contribution in [0.25, 0.3) is 0 Å². The molecule has 146 valence electrons. The molecular formula is C19H27F3N2O2. The number of carbonyl (C=O) groups excluding carboxylic acids is 1. The van der Waals surface area contributed by atoms with E-state index in [4.69, 9.17) is 4.74 Å². The maximum Gasteiger partial charge on any atom is 0.389 e. The molecule has 0 aliphatic carbocycles. The van der Waals surface area contributed by atoms with Gasteiger partial charge in [0.1, 0.15) is 5.75 Å². The van der Waals surface area contributed by atoms with Gasteiger partial charge in [-0.2, -0.15) is 13.2 Å². The summed E-state index contributed by atoms with van der Waals surface area (Å²) in [6.07, 6.45) is -4.39. The van der Waals surface area contributed by atoms with Crippen molar-refractivity contribution in [3.8, 4) is 5.75 Å². The number of hydrogen-bond acceptors (Lipinski definition) is 3. The van der Waals surface area contributed by atoms with Crippen LogP contribution in [0, 0.1) is 19.8 Å². The van der Waals surface area contributed by atoms with E-state index in [2.05, 4.69) is 10.2 Å². The largest absolute Gasteiger partial charge is 0.494 e. The molecule has 1 aromatic carbocycles. The summed E-state index contributed by atoms with van der Waals surface area (Å²) in [7, 11) is 1.65. The molecule has 1 saturated heterocycles. The Morgan fingerprint density at radius 2 is 1.85 bits per heavy atom. The second kappa shape index (κ2) is 8.75. The highest BCUT2D eigenvalue weighted by Crippen LogP contribution is 2.27. The number of amides is 1. The SMILES string of the molecule is CNC(=O)C1CN(Cc2c(C)cc(OCCCCC(F)(F)F)cc2C)C1. The molecule has 0 unspecified atom stereocenters. The minimum absolute atomic E-state index is 0.0694. The van der Waals surface area contributed by atoms with Crippen molar-refractivity contribution in [3.63, 3.8) is 0 Å². The van der Waals surface area contributed by atoms with Crippen LogP contribution in [-0.2, 0) is 11.3 Å². The summed E-state index contributed by atoms with van der Waals surface area (Å²) >= 11 is 0. The van der Waals surface area contributed by atoms with Crippen LogP contribution in [-0.4, -0.2) is 43.7 Å². The number of nitrogens with zero attached hydrogens (tertiary/aromatic N) is 1. The highest BCUT2D eigenvalue weighted by atomic mass is 19.4. The molecule has 1 aliphatic heterocycles. The second-order valence-corrected chi connectivity index (χ2v) is 6.96. The molecule has 0 saturated carbocycles. The number of hydrogen-bond donors (Lipinski definition) is 1. The average molecular weight is 372 g/mol. The first-order valence-corrected chi connectivity index (χ1v) is 8.93. The van der Waals surface area contributed by atoms with Crippen molar-refractivity contribution in [3.05, 3.63) is 28.8 Å². The van der Waals surface area contributed by atoms with Gasteiger partial charge in [-0.25, -0.2) is 0 Å². The summed E-state index contributed by atoms with van der Waals surface area (Å²) in [6, 6.07) is 3.87. The van der Waals surface area contributed by atoms with E-state index in [0.29, 0.717) is 12.2 Å². The maximum absolute atomic E-state index is 12.1. The molecule has 0 spiro atoms. The lowest BCUT2D eigenvalue weighted by Gasteiger charge is -2.38. The van der Waals surface area contributed by atoms with Gasteiger partial charge < -0.3 is 10.1 Å². The van der Waals surface area contributed by atoms with E-state index in [-0.39, 0.29) is 24.9 Å². The lowest BCUT2D eigenvalue weighted by atomic mass is 9.95. The number of nitrogens with one attached hydrogen (secondary N) is 1. The van der Waals surface area contributed by atoms with Crippen molar-refractivity contribution >= 4 is 5.91 Å². The number of halogens is 3. The molecule has 0 atom stereocenters. The van der Waals surface area contributed by atoms with Crippen molar-refractivity contribution in [2.75, 3.05) is 26.7 Å². The van der Waals surface area contributed by atoms with Crippen LogP contribution in [0.2, 0.25) is 0 Å². The molecule has 0 bridgehead atoms. The molecule has 0 radical (unpaired) electrons. The topological polar surface area (TPSA) is 41.6 Å². The first kappa shape index (κ1) is 20.6. The Hall–Kier alpha value is -1.76. The third kappa shape index (κ3) is 5.90. The van der Waals surface area contributed by atoms with Crippen molar-refractivity contribution < 1.29 is 22.7 Å². The smallest absolute Gasteiger partial charge is 0.389 e. The number of unbranched alkanes of at least 4 members (excludes halogenated alkanes) is 1. The van der Waals surface area contributed by atoms with Crippen LogP contribution in [0.15, 0.2) is 12.1 Å². The van der Waals surface area contributed by atoms with Gasteiger partial charge in [0.15, 0.2) is 0 Å². The molecule has 7 heteroatoms. The Morgan fingerprint density at radius 3 is 2.38 bits per heavy atom. The summed E-state index contributed by atoms with van der Waals surface area (Å²) in [5.41, 5.74) is 3.40. The van der Waals surface area contributed by atoms with E-state index in [9.17, 15) is 18.0 Å². The van der Waals surface area contributed by atoms with E-state index in [0.717, 1.165) is 30.8 Å². The fourth-order valence-electron chi connectivity index (χ4n) is 3.20. The summed E-state index contributed by atoms with van der Waals surface area (Å²) in [5, 5.41) is 2.67. The third-order valence-corrected chi connectivity index (χ3v) is 4.75. The quantitative estimate of drug-likeness (QED) is 0.709. The fourth-order valence-corrected chi connectivity index (χ4v) is 3.20. The van der Waals surface area contributed by atoms with Crippen LogP contribution in [0.3, 0.4) is 0 Å². The molecule has 4 nitrogen and oxygen atoms in total. The molecule has 1 heterocycles. The standard InChI is InChI=1S/C19H27F3N2O2/c1-13-8-16(26-7-5-4-6-19(20,21)22)9-14(2)17(13)12-24-10-15(11-24)18(25)23-3/h8-9,15H,4-7,10-12H2,1-3H3,(H,23,25). The predicted molar refractivity (Wildman–Crippen MR) is 94.2 cm³/mol. The van der Waals surface area contributed by atoms with E-state index < -0.39 is 12.6 Å². The minimum atomic E-state index is -4.09. The van der Waals surface area contributed by atoms with Crippen molar-refractivity contribution in [2.45, 2.75) is 45.8 Å². The lowest BCUT2D eigenvalue weighted by Crippen LogP contribution is -2.52. The Morgan fingerprint density at radius 1 is 1.23 bits per heavy atom. The van der Waals surface area contributed by atoms with Crippen LogP contribution >= 0.6 is 0 Å². The summed E-state index contributed by atoms with van der Waals surface area (Å²) in [5.74, 6) is 0.853. The van der Waals surface area contributed by atoms with Crippen molar-refractivity contribution in [2.24, 2.45) is 5.92 Å². The number of likely N-dealkylation sites (tertiary alicyclic amines) is 1. The highest BCUT2D eigenvalue weighted by Gasteiger charge is 2.32. The van der Waals surface area contributed by atoms with Gasteiger partial charge in [-0.15, -0.1) is 0 Å². The Kier molecular flexibility index (Phi) is 6.92. The molecule has 1 amide bonds. The number of rotatable bonds is 8. The maximum atomic E-state index is 12.1. The van der Waals surface area contributed by atoms with Crippen LogP contribution in [0.4, 0.5) is 13.2 Å². The van der Waals surface area contributed by atoms with Gasteiger partial charge in [0.2, 0.25) is 5.91 Å². The zero-order valence-electron chi connectivity index (χ0n) is 15.6. The molecule has 2 rings (SSSR count). The monoisotopic (exact) mass is 372 g/mol. The number of ether oxygens (including phenoxy) is 1. The van der Waals surface area contributed by atoms with E-state index in [1.807, 2.05) is 26.0 Å².